The molecule has 0 radical (unpaired) electrons. The van der Waals surface area contributed by atoms with Crippen LogP contribution >= 0.6 is 0 Å². The zero-order valence-electron chi connectivity index (χ0n) is 10.1. The van der Waals surface area contributed by atoms with Gasteiger partial charge in [-0.15, -0.1) is 0 Å². The standard InChI is InChI=1S/C15H15NO/c1-3-14(17)12-8-4-5-9-13(12)15-11(2)7-6-10-16-15/h4-10H,3H2,1-2H3. The Morgan fingerprint density at radius 2 is 1.94 bits per heavy atom. The zero-order chi connectivity index (χ0) is 12.3. The largest absolute Gasteiger partial charge is 0.294 e. The average Bonchev–Trinajstić information content (AvgIpc) is 2.38. The molecule has 0 aliphatic carbocycles. The van der Waals surface area contributed by atoms with Crippen molar-refractivity contribution in [3.8, 4) is 11.3 Å². The molecule has 2 aromatic rings. The van der Waals surface area contributed by atoms with Crippen molar-refractivity contribution in [1.82, 2.24) is 4.98 Å². The number of aromatic nitrogens is 1. The van der Waals surface area contributed by atoms with E-state index in [1.165, 1.54) is 0 Å². The maximum Gasteiger partial charge on any atom is 0.163 e. The smallest absolute Gasteiger partial charge is 0.163 e. The number of carbonyl (C=O) groups excluding carboxylic acids is 1. The van der Waals surface area contributed by atoms with E-state index in [4.69, 9.17) is 0 Å². The van der Waals surface area contributed by atoms with E-state index in [0.717, 1.165) is 22.4 Å². The molecule has 0 spiro atoms. The molecule has 1 aromatic heterocycles. The summed E-state index contributed by atoms with van der Waals surface area (Å²) in [7, 11) is 0. The molecule has 17 heavy (non-hydrogen) atoms. The molecule has 0 atom stereocenters. The van der Waals surface area contributed by atoms with Gasteiger partial charge in [0.25, 0.3) is 0 Å². The highest BCUT2D eigenvalue weighted by Gasteiger charge is 2.12. The summed E-state index contributed by atoms with van der Waals surface area (Å²) in [6, 6.07) is 11.6. The monoisotopic (exact) mass is 225 g/mol. The molecule has 1 aromatic carbocycles. The zero-order valence-corrected chi connectivity index (χ0v) is 10.1. The fraction of sp³-hybridized carbons (Fsp3) is 0.200. The van der Waals surface area contributed by atoms with Crippen molar-refractivity contribution >= 4 is 5.78 Å². The van der Waals surface area contributed by atoms with Crippen LogP contribution in [0.15, 0.2) is 42.6 Å². The summed E-state index contributed by atoms with van der Waals surface area (Å²) in [6.07, 6.45) is 2.28. The van der Waals surface area contributed by atoms with Crippen LogP contribution in [0.5, 0.6) is 0 Å². The summed E-state index contributed by atoms with van der Waals surface area (Å²) in [5, 5.41) is 0. The minimum Gasteiger partial charge on any atom is -0.294 e. The van der Waals surface area contributed by atoms with Crippen LogP contribution < -0.4 is 0 Å². The number of ketones is 1. The van der Waals surface area contributed by atoms with Crippen LogP contribution in [-0.2, 0) is 0 Å². The van der Waals surface area contributed by atoms with Gasteiger partial charge in [-0.1, -0.05) is 37.3 Å². The lowest BCUT2D eigenvalue weighted by Crippen LogP contribution is -2.01. The molecule has 0 bridgehead atoms. The minimum absolute atomic E-state index is 0.158. The number of hydrogen-bond acceptors (Lipinski definition) is 2. The SMILES string of the molecule is CCC(=O)c1ccccc1-c1ncccc1C. The molecule has 0 saturated heterocycles. The molecular formula is C15H15NO. The van der Waals surface area contributed by atoms with Crippen molar-refractivity contribution in [3.63, 3.8) is 0 Å². The predicted octanol–water partition coefficient (Wildman–Crippen LogP) is 3.65. The maximum absolute atomic E-state index is 11.9. The number of aryl methyl sites for hydroxylation is 1. The van der Waals surface area contributed by atoms with Crippen LogP contribution in [0, 0.1) is 6.92 Å². The Kier molecular flexibility index (Phi) is 3.33. The highest BCUT2D eigenvalue weighted by molar-refractivity contribution is 6.02. The summed E-state index contributed by atoms with van der Waals surface area (Å²) in [6.45, 7) is 3.89. The molecule has 0 amide bonds. The molecule has 2 nitrogen and oxygen atoms in total. The number of nitrogens with zero attached hydrogens (tertiary/aromatic N) is 1. The Balaban J connectivity index is 2.60. The summed E-state index contributed by atoms with van der Waals surface area (Å²) in [5.41, 5.74) is 3.67. The second-order valence-corrected chi connectivity index (χ2v) is 3.99. The third kappa shape index (κ3) is 2.26. The molecule has 0 aliphatic heterocycles. The number of rotatable bonds is 3. The first-order valence-electron chi connectivity index (χ1n) is 5.78. The highest BCUT2D eigenvalue weighted by atomic mass is 16.1. The van der Waals surface area contributed by atoms with Gasteiger partial charge in [0.05, 0.1) is 5.69 Å². The molecule has 0 fully saturated rings. The number of pyridine rings is 1. The van der Waals surface area contributed by atoms with Gasteiger partial charge in [-0.3, -0.25) is 9.78 Å². The van der Waals surface area contributed by atoms with Crippen molar-refractivity contribution < 1.29 is 4.79 Å². The summed E-state index contributed by atoms with van der Waals surface area (Å²) < 4.78 is 0. The Morgan fingerprint density at radius 1 is 1.18 bits per heavy atom. The highest BCUT2D eigenvalue weighted by Crippen LogP contribution is 2.25. The molecule has 0 saturated carbocycles. The van der Waals surface area contributed by atoms with E-state index in [9.17, 15) is 4.79 Å². The molecule has 2 rings (SSSR count). The second kappa shape index (κ2) is 4.91. The lowest BCUT2D eigenvalue weighted by molar-refractivity contribution is 0.0989. The number of benzene rings is 1. The lowest BCUT2D eigenvalue weighted by atomic mass is 9.97. The first-order chi connectivity index (χ1) is 8.24. The van der Waals surface area contributed by atoms with E-state index in [-0.39, 0.29) is 5.78 Å². The predicted molar refractivity (Wildman–Crippen MR) is 69.0 cm³/mol. The van der Waals surface area contributed by atoms with Crippen molar-refractivity contribution in [2.75, 3.05) is 0 Å². The van der Waals surface area contributed by atoms with Crippen LogP contribution in [0.3, 0.4) is 0 Å². The Hall–Kier alpha value is -1.96. The average molecular weight is 225 g/mol. The maximum atomic E-state index is 11.9. The van der Waals surface area contributed by atoms with Crippen molar-refractivity contribution in [2.24, 2.45) is 0 Å². The number of hydrogen-bond donors (Lipinski definition) is 0. The summed E-state index contributed by atoms with van der Waals surface area (Å²) in [5.74, 6) is 0.158. The number of Topliss-reactive ketones (excluding diaryl/α,β-unsaturated/α-hetero) is 1. The first-order valence-corrected chi connectivity index (χ1v) is 5.78. The molecule has 0 unspecified atom stereocenters. The summed E-state index contributed by atoms with van der Waals surface area (Å²) in [4.78, 5) is 16.3. The van der Waals surface area contributed by atoms with Gasteiger partial charge in [-0.2, -0.15) is 0 Å². The lowest BCUT2D eigenvalue weighted by Gasteiger charge is -2.09. The van der Waals surface area contributed by atoms with Crippen LogP contribution in [0.1, 0.15) is 29.3 Å². The van der Waals surface area contributed by atoms with Crippen molar-refractivity contribution in [3.05, 3.63) is 53.7 Å². The molecular weight excluding hydrogens is 210 g/mol. The topological polar surface area (TPSA) is 30.0 Å². The van der Waals surface area contributed by atoms with Crippen LogP contribution in [0.2, 0.25) is 0 Å². The van der Waals surface area contributed by atoms with E-state index in [2.05, 4.69) is 4.98 Å². The van der Waals surface area contributed by atoms with Gasteiger partial charge in [0.15, 0.2) is 5.78 Å². The third-order valence-electron chi connectivity index (χ3n) is 2.81. The second-order valence-electron chi connectivity index (χ2n) is 3.99. The van der Waals surface area contributed by atoms with Gasteiger partial charge in [-0.05, 0) is 18.6 Å². The van der Waals surface area contributed by atoms with E-state index >= 15 is 0 Å². The van der Waals surface area contributed by atoms with E-state index in [0.29, 0.717) is 6.42 Å². The Morgan fingerprint density at radius 3 is 2.65 bits per heavy atom. The normalized spacial score (nSPS) is 10.2. The Bertz CT molecular complexity index is 546. The van der Waals surface area contributed by atoms with Gasteiger partial charge < -0.3 is 0 Å². The van der Waals surface area contributed by atoms with Gasteiger partial charge in [0.2, 0.25) is 0 Å². The van der Waals surface area contributed by atoms with Gasteiger partial charge in [0.1, 0.15) is 0 Å². The molecule has 1 heterocycles. The molecule has 0 aliphatic rings. The van der Waals surface area contributed by atoms with Crippen molar-refractivity contribution in [2.45, 2.75) is 20.3 Å². The van der Waals surface area contributed by atoms with E-state index in [1.807, 2.05) is 50.2 Å². The summed E-state index contributed by atoms with van der Waals surface area (Å²) >= 11 is 0. The fourth-order valence-corrected chi connectivity index (χ4v) is 1.89. The molecule has 2 heteroatoms. The first kappa shape index (κ1) is 11.5. The molecule has 0 N–H and O–H groups in total. The van der Waals surface area contributed by atoms with Crippen molar-refractivity contribution in [1.29, 1.82) is 0 Å². The van der Waals surface area contributed by atoms with Gasteiger partial charge >= 0.3 is 0 Å². The third-order valence-corrected chi connectivity index (χ3v) is 2.81. The van der Waals surface area contributed by atoms with E-state index < -0.39 is 0 Å². The molecule has 86 valence electrons. The van der Waals surface area contributed by atoms with E-state index in [1.54, 1.807) is 6.20 Å². The fourth-order valence-electron chi connectivity index (χ4n) is 1.89. The van der Waals surface area contributed by atoms with Crippen LogP contribution in [-0.4, -0.2) is 10.8 Å². The quantitative estimate of drug-likeness (QED) is 0.746. The minimum atomic E-state index is 0.158. The van der Waals surface area contributed by atoms with Gasteiger partial charge in [0, 0.05) is 23.7 Å². The number of carbonyl (C=O) groups is 1. The van der Waals surface area contributed by atoms with Crippen LogP contribution in [0.25, 0.3) is 11.3 Å². The van der Waals surface area contributed by atoms with Crippen LogP contribution in [0.4, 0.5) is 0 Å². The van der Waals surface area contributed by atoms with Gasteiger partial charge in [-0.25, -0.2) is 0 Å². The Labute approximate surface area is 101 Å².